The van der Waals surface area contributed by atoms with E-state index in [0.717, 1.165) is 12.2 Å². The molecule has 4 rings (SSSR count). The number of hydrogen-bond donors (Lipinski definition) is 0. The minimum absolute atomic E-state index is 0.895. The van der Waals surface area contributed by atoms with Crippen molar-refractivity contribution in [3.8, 4) is 5.82 Å². The first kappa shape index (κ1) is 12.8. The lowest BCUT2D eigenvalue weighted by Crippen LogP contribution is -2.02. The Morgan fingerprint density at radius 3 is 2.36 bits per heavy atom. The van der Waals surface area contributed by atoms with E-state index in [4.69, 9.17) is 0 Å². The molecule has 0 saturated carbocycles. The molecule has 0 spiro atoms. The molecule has 2 nitrogen and oxygen atoms in total. The average molecular weight is 284 g/mol. The van der Waals surface area contributed by atoms with Gasteiger partial charge in [-0.25, -0.2) is 4.98 Å². The quantitative estimate of drug-likeness (QED) is 0.537. The van der Waals surface area contributed by atoms with Crippen molar-refractivity contribution in [2.24, 2.45) is 0 Å². The minimum atomic E-state index is 0.895. The molecule has 0 unspecified atom stereocenters. The summed E-state index contributed by atoms with van der Waals surface area (Å²) < 4.78 is 2.25. The number of rotatable bonds is 3. The van der Waals surface area contributed by atoms with Crippen LogP contribution in [-0.4, -0.2) is 9.55 Å². The summed E-state index contributed by atoms with van der Waals surface area (Å²) in [5.74, 6) is 0.967. The maximum atomic E-state index is 4.54. The van der Waals surface area contributed by atoms with E-state index in [1.54, 1.807) is 0 Å². The van der Waals surface area contributed by atoms with E-state index in [1.165, 1.54) is 22.2 Å². The molecule has 0 atom stereocenters. The van der Waals surface area contributed by atoms with Crippen LogP contribution >= 0.6 is 0 Å². The van der Waals surface area contributed by atoms with E-state index in [2.05, 4.69) is 76.3 Å². The number of nitrogens with zero attached hydrogens (tertiary/aromatic N) is 2. The highest BCUT2D eigenvalue weighted by atomic mass is 15.1. The fourth-order valence-corrected chi connectivity index (χ4v) is 2.90. The topological polar surface area (TPSA) is 17.8 Å². The van der Waals surface area contributed by atoms with Crippen LogP contribution in [0.25, 0.3) is 16.7 Å². The second-order valence-corrected chi connectivity index (χ2v) is 5.38. The van der Waals surface area contributed by atoms with Gasteiger partial charge in [-0.15, -0.1) is 0 Å². The molecule has 106 valence electrons. The fraction of sp³-hybridized carbons (Fsp3) is 0.0500. The first-order valence-corrected chi connectivity index (χ1v) is 7.46. The van der Waals surface area contributed by atoms with Gasteiger partial charge in [-0.1, -0.05) is 54.6 Å². The molecule has 2 heteroatoms. The van der Waals surface area contributed by atoms with Gasteiger partial charge in [-0.2, -0.15) is 0 Å². The molecule has 2 aromatic carbocycles. The molecule has 0 fully saturated rings. The van der Waals surface area contributed by atoms with Gasteiger partial charge in [-0.3, -0.25) is 4.57 Å². The lowest BCUT2D eigenvalue weighted by molar-refractivity contribution is 0.948. The first-order chi connectivity index (χ1) is 10.9. The van der Waals surface area contributed by atoms with Gasteiger partial charge in [0.05, 0.1) is 5.52 Å². The second kappa shape index (κ2) is 5.49. The van der Waals surface area contributed by atoms with E-state index in [9.17, 15) is 0 Å². The van der Waals surface area contributed by atoms with Crippen LogP contribution in [0.15, 0.2) is 85.1 Å². The van der Waals surface area contributed by atoms with Crippen LogP contribution < -0.4 is 0 Å². The lowest BCUT2D eigenvalue weighted by atomic mass is 10.1. The third-order valence-corrected chi connectivity index (χ3v) is 3.89. The highest BCUT2D eigenvalue weighted by Crippen LogP contribution is 2.25. The maximum Gasteiger partial charge on any atom is 0.137 e. The molecule has 0 N–H and O–H groups in total. The van der Waals surface area contributed by atoms with Crippen molar-refractivity contribution in [2.45, 2.75) is 6.42 Å². The van der Waals surface area contributed by atoms with E-state index in [0.29, 0.717) is 0 Å². The van der Waals surface area contributed by atoms with E-state index in [-0.39, 0.29) is 0 Å². The number of aromatic nitrogens is 2. The van der Waals surface area contributed by atoms with Crippen LogP contribution in [0.2, 0.25) is 0 Å². The largest absolute Gasteiger partial charge is 0.298 e. The average Bonchev–Trinajstić information content (AvgIpc) is 2.94. The van der Waals surface area contributed by atoms with Gasteiger partial charge in [0.2, 0.25) is 0 Å². The monoisotopic (exact) mass is 284 g/mol. The summed E-state index contributed by atoms with van der Waals surface area (Å²) in [5.41, 5.74) is 3.76. The van der Waals surface area contributed by atoms with E-state index < -0.39 is 0 Å². The van der Waals surface area contributed by atoms with Gasteiger partial charge in [0.1, 0.15) is 5.82 Å². The number of benzene rings is 2. The van der Waals surface area contributed by atoms with Crippen LogP contribution in [0.4, 0.5) is 0 Å². The summed E-state index contributed by atoms with van der Waals surface area (Å²) in [4.78, 5) is 4.54. The van der Waals surface area contributed by atoms with Crippen LogP contribution in [0.1, 0.15) is 11.3 Å². The predicted molar refractivity (Wildman–Crippen MR) is 90.3 cm³/mol. The van der Waals surface area contributed by atoms with Crippen molar-refractivity contribution in [3.63, 3.8) is 0 Å². The van der Waals surface area contributed by atoms with Gasteiger partial charge in [-0.05, 0) is 29.8 Å². The van der Waals surface area contributed by atoms with E-state index in [1.807, 2.05) is 18.3 Å². The normalized spacial score (nSPS) is 10.9. The Hall–Kier alpha value is -2.87. The van der Waals surface area contributed by atoms with E-state index >= 15 is 0 Å². The minimum Gasteiger partial charge on any atom is -0.298 e. The zero-order valence-corrected chi connectivity index (χ0v) is 12.2. The number of hydrogen-bond acceptors (Lipinski definition) is 1. The molecule has 22 heavy (non-hydrogen) atoms. The third-order valence-electron chi connectivity index (χ3n) is 3.89. The second-order valence-electron chi connectivity index (χ2n) is 5.38. The van der Waals surface area contributed by atoms with Crippen molar-refractivity contribution in [1.82, 2.24) is 9.55 Å². The molecule has 0 radical (unpaired) electrons. The summed E-state index contributed by atoms with van der Waals surface area (Å²) in [6.45, 7) is 0. The molecule has 0 aliphatic rings. The highest BCUT2D eigenvalue weighted by Gasteiger charge is 2.11. The molecule has 4 aromatic rings. The summed E-state index contributed by atoms with van der Waals surface area (Å²) in [6, 6.07) is 27.3. The molecule has 0 aliphatic carbocycles. The summed E-state index contributed by atoms with van der Waals surface area (Å²) in [6.07, 6.45) is 2.74. The Labute approximate surface area is 129 Å². The van der Waals surface area contributed by atoms with Gasteiger partial charge >= 0.3 is 0 Å². The third kappa shape index (κ3) is 2.29. The lowest BCUT2D eigenvalue weighted by Gasteiger charge is -2.10. The van der Waals surface area contributed by atoms with Crippen LogP contribution in [0, 0.1) is 0 Å². The molecule has 0 saturated heterocycles. The Balaban J connectivity index is 1.90. The maximum absolute atomic E-state index is 4.54. The molecule has 2 heterocycles. The molecular formula is C20H16N2. The predicted octanol–water partition coefficient (Wildman–Crippen LogP) is 4.62. The Morgan fingerprint density at radius 1 is 0.773 bits per heavy atom. The fourth-order valence-electron chi connectivity index (χ4n) is 2.90. The highest BCUT2D eigenvalue weighted by molar-refractivity contribution is 5.83. The molecule has 2 aromatic heterocycles. The van der Waals surface area contributed by atoms with Crippen molar-refractivity contribution < 1.29 is 0 Å². The van der Waals surface area contributed by atoms with Gasteiger partial charge < -0.3 is 0 Å². The molecular weight excluding hydrogens is 268 g/mol. The Morgan fingerprint density at radius 2 is 1.55 bits per heavy atom. The van der Waals surface area contributed by atoms with Crippen molar-refractivity contribution >= 4 is 10.9 Å². The van der Waals surface area contributed by atoms with Crippen molar-refractivity contribution in [1.29, 1.82) is 0 Å². The number of pyridine rings is 1. The van der Waals surface area contributed by atoms with Crippen molar-refractivity contribution in [3.05, 3.63) is 96.3 Å². The molecule has 0 bridgehead atoms. The van der Waals surface area contributed by atoms with Crippen LogP contribution in [0.3, 0.4) is 0 Å². The van der Waals surface area contributed by atoms with Gasteiger partial charge in [0.15, 0.2) is 0 Å². The number of para-hydroxylation sites is 1. The van der Waals surface area contributed by atoms with Crippen LogP contribution in [0.5, 0.6) is 0 Å². The standard InChI is InChI=1S/C20H16N2/c1-2-8-16(9-3-1)14-18-15-17-10-4-5-11-19(17)22(18)20-12-6-7-13-21-20/h1-13,15H,14H2. The SMILES string of the molecule is c1ccc(Cc2cc3ccccc3n2-c2ccccn2)cc1. The molecule has 0 amide bonds. The first-order valence-electron chi connectivity index (χ1n) is 7.46. The summed E-state index contributed by atoms with van der Waals surface area (Å²) in [7, 11) is 0. The Kier molecular flexibility index (Phi) is 3.20. The summed E-state index contributed by atoms with van der Waals surface area (Å²) >= 11 is 0. The van der Waals surface area contributed by atoms with Gasteiger partial charge in [0.25, 0.3) is 0 Å². The van der Waals surface area contributed by atoms with Crippen LogP contribution in [-0.2, 0) is 6.42 Å². The van der Waals surface area contributed by atoms with Gasteiger partial charge in [0, 0.05) is 23.7 Å². The smallest absolute Gasteiger partial charge is 0.137 e. The molecule has 0 aliphatic heterocycles. The van der Waals surface area contributed by atoms with Crippen molar-refractivity contribution in [2.75, 3.05) is 0 Å². The number of fused-ring (bicyclic) bond motifs is 1. The summed E-state index contributed by atoms with van der Waals surface area (Å²) in [5, 5.41) is 1.25. The zero-order chi connectivity index (χ0) is 14.8. The Bertz CT molecular complexity index is 893. The zero-order valence-electron chi connectivity index (χ0n) is 12.2.